The summed E-state index contributed by atoms with van der Waals surface area (Å²) in [6.07, 6.45) is 14.3. The van der Waals surface area contributed by atoms with Gasteiger partial charge in [0.05, 0.1) is 6.10 Å². The number of fused-ring (bicyclic) bond motifs is 5. The van der Waals surface area contributed by atoms with Gasteiger partial charge in [0.15, 0.2) is 0 Å². The molecule has 0 bridgehead atoms. The molecule has 4 aliphatic rings. The van der Waals surface area contributed by atoms with Crippen LogP contribution in [-0.2, 0) is 0 Å². The Morgan fingerprint density at radius 1 is 1.03 bits per heavy atom. The van der Waals surface area contributed by atoms with Crippen molar-refractivity contribution in [2.75, 3.05) is 0 Å². The minimum atomic E-state index is -0.121. The smallest absolute Gasteiger partial charge is 0.0603 e. The van der Waals surface area contributed by atoms with Crippen LogP contribution in [0.3, 0.4) is 0 Å². The molecular formula is C30H50O. The third kappa shape index (κ3) is 3.70. The van der Waals surface area contributed by atoms with Gasteiger partial charge in [-0.3, -0.25) is 0 Å². The van der Waals surface area contributed by atoms with Crippen LogP contribution in [0.1, 0.15) is 100 Å². The van der Waals surface area contributed by atoms with Crippen LogP contribution in [-0.4, -0.2) is 11.2 Å². The van der Waals surface area contributed by atoms with E-state index in [1.165, 1.54) is 38.5 Å². The van der Waals surface area contributed by atoms with E-state index in [1.54, 1.807) is 11.1 Å². The number of allylic oxidation sites excluding steroid dienone is 3. The van der Waals surface area contributed by atoms with E-state index in [0.717, 1.165) is 36.0 Å². The van der Waals surface area contributed by atoms with Crippen molar-refractivity contribution in [2.24, 2.45) is 58.2 Å². The highest BCUT2D eigenvalue weighted by Gasteiger charge is 2.59. The van der Waals surface area contributed by atoms with Gasteiger partial charge in [0, 0.05) is 5.92 Å². The molecule has 4 rings (SSSR count). The molecule has 1 N–H and O–H groups in total. The molecule has 0 heterocycles. The molecule has 0 amide bonds. The van der Waals surface area contributed by atoms with Crippen molar-refractivity contribution >= 4 is 0 Å². The summed E-state index contributed by atoms with van der Waals surface area (Å²) in [6, 6.07) is 0. The first-order valence-corrected chi connectivity index (χ1v) is 13.6. The summed E-state index contributed by atoms with van der Waals surface area (Å²) in [5, 5.41) is 10.5. The highest BCUT2D eigenvalue weighted by atomic mass is 16.3. The molecule has 176 valence electrons. The molecule has 1 unspecified atom stereocenters. The largest absolute Gasteiger partial charge is 0.393 e. The average Bonchev–Trinajstić information content (AvgIpc) is 3.07. The quantitative estimate of drug-likeness (QED) is 0.451. The Morgan fingerprint density at radius 3 is 2.42 bits per heavy atom. The number of rotatable bonds is 4. The maximum atomic E-state index is 10.5. The Balaban J connectivity index is 1.57. The molecule has 10 atom stereocenters. The third-order valence-electron chi connectivity index (χ3n) is 11.5. The molecule has 0 spiro atoms. The zero-order valence-corrected chi connectivity index (χ0v) is 21.7. The standard InChI is InChI=1S/C30H50O/c1-18(2)21(5)19(3)17-20(4)24-11-12-26-23-9-10-25-22(6)28(31)14-16-30(25,8)27(23)13-15-29(24,26)7/h10,17-18,20-24,26-28,31H,9,11-16H2,1-8H3/t20-,21?,22+,23+,24-,26+,27+,28+,29-,30+/m1/s1. The predicted molar refractivity (Wildman–Crippen MR) is 133 cm³/mol. The van der Waals surface area contributed by atoms with Crippen LogP contribution in [0.4, 0.5) is 0 Å². The van der Waals surface area contributed by atoms with Crippen LogP contribution in [0, 0.1) is 58.2 Å². The molecule has 3 fully saturated rings. The van der Waals surface area contributed by atoms with E-state index in [4.69, 9.17) is 0 Å². The molecule has 31 heavy (non-hydrogen) atoms. The van der Waals surface area contributed by atoms with Crippen LogP contribution in [0.15, 0.2) is 23.3 Å². The maximum Gasteiger partial charge on any atom is 0.0603 e. The molecule has 0 aliphatic heterocycles. The fraction of sp³-hybridized carbons (Fsp3) is 0.867. The zero-order valence-electron chi connectivity index (χ0n) is 21.7. The van der Waals surface area contributed by atoms with Gasteiger partial charge in [-0.1, -0.05) is 71.8 Å². The number of aliphatic hydroxyl groups is 1. The second-order valence-corrected chi connectivity index (χ2v) is 13.1. The molecule has 0 saturated heterocycles. The Kier molecular flexibility index (Phi) is 6.35. The van der Waals surface area contributed by atoms with Crippen molar-refractivity contribution in [2.45, 2.75) is 106 Å². The van der Waals surface area contributed by atoms with E-state index in [-0.39, 0.29) is 6.10 Å². The molecule has 3 saturated carbocycles. The van der Waals surface area contributed by atoms with Crippen LogP contribution < -0.4 is 0 Å². The van der Waals surface area contributed by atoms with Gasteiger partial charge in [0.2, 0.25) is 0 Å². The fourth-order valence-electron chi connectivity index (χ4n) is 9.17. The van der Waals surface area contributed by atoms with Crippen molar-refractivity contribution < 1.29 is 5.11 Å². The van der Waals surface area contributed by atoms with Gasteiger partial charge in [-0.25, -0.2) is 0 Å². The van der Waals surface area contributed by atoms with Crippen molar-refractivity contribution in [1.29, 1.82) is 0 Å². The molecule has 0 aromatic rings. The summed E-state index contributed by atoms with van der Waals surface area (Å²) in [6.45, 7) is 19.5. The summed E-state index contributed by atoms with van der Waals surface area (Å²) in [5.41, 5.74) is 4.08. The summed E-state index contributed by atoms with van der Waals surface area (Å²) in [4.78, 5) is 0. The van der Waals surface area contributed by atoms with Gasteiger partial charge >= 0.3 is 0 Å². The van der Waals surface area contributed by atoms with Gasteiger partial charge in [0.25, 0.3) is 0 Å². The van der Waals surface area contributed by atoms with Crippen molar-refractivity contribution in [3.05, 3.63) is 23.3 Å². The lowest BCUT2D eigenvalue weighted by Gasteiger charge is -2.59. The lowest BCUT2D eigenvalue weighted by Crippen LogP contribution is -2.52. The van der Waals surface area contributed by atoms with E-state index in [9.17, 15) is 5.11 Å². The van der Waals surface area contributed by atoms with E-state index in [2.05, 4.69) is 67.5 Å². The summed E-state index contributed by atoms with van der Waals surface area (Å²) in [5.74, 6) is 5.92. The summed E-state index contributed by atoms with van der Waals surface area (Å²) in [7, 11) is 0. The second-order valence-electron chi connectivity index (χ2n) is 13.1. The molecule has 1 heteroatoms. The molecule has 0 aromatic heterocycles. The van der Waals surface area contributed by atoms with Crippen molar-refractivity contribution in [1.82, 2.24) is 0 Å². The monoisotopic (exact) mass is 426 g/mol. The summed E-state index contributed by atoms with van der Waals surface area (Å²) >= 11 is 0. The number of hydrogen-bond acceptors (Lipinski definition) is 1. The van der Waals surface area contributed by atoms with Crippen LogP contribution in [0.5, 0.6) is 0 Å². The SMILES string of the molecule is CC(=C[C@@H](C)[C@H]1CC[C@H]2[C@@H]3CC=C4[C@H](C)[C@@H](O)CC[C@]4(C)[C@H]3CC[C@]12C)C(C)C(C)C. The van der Waals surface area contributed by atoms with Crippen molar-refractivity contribution in [3.63, 3.8) is 0 Å². The Labute approximate surface area is 193 Å². The first kappa shape index (κ1) is 23.6. The van der Waals surface area contributed by atoms with E-state index >= 15 is 0 Å². The molecular weight excluding hydrogens is 376 g/mol. The Morgan fingerprint density at radius 2 is 1.74 bits per heavy atom. The molecule has 0 radical (unpaired) electrons. The number of aliphatic hydroxyl groups excluding tert-OH is 1. The zero-order chi connectivity index (χ0) is 22.7. The normalized spacial score (nSPS) is 47.3. The lowest BCUT2D eigenvalue weighted by atomic mass is 9.46. The van der Waals surface area contributed by atoms with Gasteiger partial charge in [-0.15, -0.1) is 0 Å². The second kappa shape index (κ2) is 8.34. The van der Waals surface area contributed by atoms with Gasteiger partial charge in [-0.05, 0) is 104 Å². The van der Waals surface area contributed by atoms with Crippen LogP contribution in [0.25, 0.3) is 0 Å². The third-order valence-corrected chi connectivity index (χ3v) is 11.5. The van der Waals surface area contributed by atoms with Crippen LogP contribution in [0.2, 0.25) is 0 Å². The number of hydrogen-bond donors (Lipinski definition) is 1. The molecule has 0 aromatic carbocycles. The highest BCUT2D eigenvalue weighted by Crippen LogP contribution is 2.67. The highest BCUT2D eigenvalue weighted by molar-refractivity contribution is 5.27. The maximum absolute atomic E-state index is 10.5. The van der Waals surface area contributed by atoms with E-state index in [0.29, 0.717) is 28.6 Å². The Hall–Kier alpha value is -0.560. The minimum absolute atomic E-state index is 0.121. The first-order chi connectivity index (χ1) is 14.5. The van der Waals surface area contributed by atoms with Gasteiger partial charge < -0.3 is 5.11 Å². The fourth-order valence-corrected chi connectivity index (χ4v) is 9.17. The van der Waals surface area contributed by atoms with E-state index < -0.39 is 0 Å². The Bertz CT molecular complexity index is 731. The van der Waals surface area contributed by atoms with Gasteiger partial charge in [-0.2, -0.15) is 0 Å². The molecule has 1 nitrogen and oxygen atoms in total. The van der Waals surface area contributed by atoms with Crippen LogP contribution >= 0.6 is 0 Å². The summed E-state index contributed by atoms with van der Waals surface area (Å²) < 4.78 is 0. The lowest BCUT2D eigenvalue weighted by molar-refractivity contribution is -0.0617. The first-order valence-electron chi connectivity index (χ1n) is 13.6. The molecule has 4 aliphatic carbocycles. The predicted octanol–water partition coefficient (Wildman–Crippen LogP) is 8.05. The minimum Gasteiger partial charge on any atom is -0.393 e. The van der Waals surface area contributed by atoms with Crippen molar-refractivity contribution in [3.8, 4) is 0 Å². The topological polar surface area (TPSA) is 20.2 Å². The average molecular weight is 427 g/mol. The van der Waals surface area contributed by atoms with E-state index in [1.807, 2.05) is 0 Å². The van der Waals surface area contributed by atoms with Gasteiger partial charge in [0.1, 0.15) is 0 Å².